The van der Waals surface area contributed by atoms with E-state index in [0.29, 0.717) is 13.4 Å². The lowest BCUT2D eigenvalue weighted by Crippen LogP contribution is -1.86. The molecule has 0 saturated carbocycles. The summed E-state index contributed by atoms with van der Waals surface area (Å²) in [5, 5.41) is 0. The number of nitrogens with zero attached hydrogens (tertiary/aromatic N) is 1. The summed E-state index contributed by atoms with van der Waals surface area (Å²) in [7, 11) is 0. The van der Waals surface area contributed by atoms with Gasteiger partial charge in [-0.15, -0.1) is 0 Å². The maximum atomic E-state index is 5.16. The molecule has 0 aromatic carbocycles. The predicted molar refractivity (Wildman–Crippen MR) is 43.3 cm³/mol. The van der Waals surface area contributed by atoms with Crippen LogP contribution < -0.4 is 0 Å². The molecule has 60 valence electrons. The first kappa shape index (κ1) is 8.01. The number of hydrogen-bond acceptors (Lipinski definition) is 3. The highest BCUT2D eigenvalue weighted by molar-refractivity contribution is 5.28. The molecule has 1 aliphatic heterocycles. The van der Waals surface area contributed by atoms with Crippen molar-refractivity contribution in [2.24, 2.45) is 4.99 Å². The number of hydrogen-bond donors (Lipinski definition) is 0. The van der Waals surface area contributed by atoms with E-state index in [2.05, 4.69) is 11.7 Å². The van der Waals surface area contributed by atoms with Gasteiger partial charge in [-0.25, -0.2) is 0 Å². The van der Waals surface area contributed by atoms with Gasteiger partial charge in [0.2, 0.25) is 0 Å². The van der Waals surface area contributed by atoms with Crippen molar-refractivity contribution >= 4 is 6.72 Å². The van der Waals surface area contributed by atoms with Crippen molar-refractivity contribution in [1.82, 2.24) is 0 Å². The van der Waals surface area contributed by atoms with E-state index in [0.717, 1.165) is 11.3 Å². The Morgan fingerprint density at radius 2 is 2.55 bits per heavy atom. The standard InChI is InChI=1S/C8H11NO2/c1-7(3-4-9-2)8-5-10-6-11-8/h3-4H,2,5-6H2,1H3/b4-3-,8-7+. The molecule has 1 fully saturated rings. The summed E-state index contributed by atoms with van der Waals surface area (Å²) in [5.74, 6) is 0.880. The van der Waals surface area contributed by atoms with Crippen LogP contribution in [0.1, 0.15) is 6.92 Å². The Morgan fingerprint density at radius 1 is 1.73 bits per heavy atom. The molecule has 3 nitrogen and oxygen atoms in total. The molecule has 0 aromatic heterocycles. The topological polar surface area (TPSA) is 30.8 Å². The Kier molecular flexibility index (Phi) is 2.86. The second-order valence-corrected chi connectivity index (χ2v) is 2.22. The molecular formula is C8H11NO2. The Morgan fingerprint density at radius 3 is 3.09 bits per heavy atom. The molecule has 1 saturated heterocycles. The van der Waals surface area contributed by atoms with Gasteiger partial charge < -0.3 is 9.47 Å². The second kappa shape index (κ2) is 3.93. The molecule has 1 rings (SSSR count). The lowest BCUT2D eigenvalue weighted by Gasteiger charge is -1.96. The maximum absolute atomic E-state index is 5.16. The van der Waals surface area contributed by atoms with Gasteiger partial charge in [-0.05, 0) is 25.3 Å². The van der Waals surface area contributed by atoms with Crippen molar-refractivity contribution in [3.05, 3.63) is 23.6 Å². The zero-order valence-corrected chi connectivity index (χ0v) is 6.54. The van der Waals surface area contributed by atoms with Crippen LogP contribution in [0, 0.1) is 0 Å². The smallest absolute Gasteiger partial charge is 0.189 e. The van der Waals surface area contributed by atoms with E-state index in [1.807, 2.05) is 13.0 Å². The van der Waals surface area contributed by atoms with Gasteiger partial charge in [-0.3, -0.25) is 4.99 Å². The number of allylic oxidation sites excluding steroid dienone is 2. The van der Waals surface area contributed by atoms with Gasteiger partial charge in [0.05, 0.1) is 0 Å². The quantitative estimate of drug-likeness (QED) is 0.562. The van der Waals surface area contributed by atoms with Crippen LogP contribution in [0.4, 0.5) is 0 Å². The minimum absolute atomic E-state index is 0.363. The molecule has 0 radical (unpaired) electrons. The average molecular weight is 153 g/mol. The number of rotatable bonds is 2. The van der Waals surface area contributed by atoms with E-state index >= 15 is 0 Å². The number of aliphatic imine (C=N–C) groups is 1. The molecule has 11 heavy (non-hydrogen) atoms. The molecule has 1 heterocycles. The van der Waals surface area contributed by atoms with E-state index in [9.17, 15) is 0 Å². The maximum Gasteiger partial charge on any atom is 0.189 e. The summed E-state index contributed by atoms with van der Waals surface area (Å²) < 4.78 is 10.2. The minimum atomic E-state index is 0.363. The summed E-state index contributed by atoms with van der Waals surface area (Å²) in [4.78, 5) is 3.59. The molecular weight excluding hydrogens is 142 g/mol. The highest BCUT2D eigenvalue weighted by Gasteiger charge is 2.08. The van der Waals surface area contributed by atoms with Crippen LogP contribution >= 0.6 is 0 Å². The third-order valence-electron chi connectivity index (χ3n) is 1.42. The van der Waals surface area contributed by atoms with Gasteiger partial charge in [-0.2, -0.15) is 0 Å². The van der Waals surface area contributed by atoms with E-state index in [1.165, 1.54) is 0 Å². The van der Waals surface area contributed by atoms with E-state index in [4.69, 9.17) is 9.47 Å². The molecule has 0 aromatic rings. The fourth-order valence-corrected chi connectivity index (χ4v) is 0.774. The predicted octanol–water partition coefficient (Wildman–Crippen LogP) is 1.48. The van der Waals surface area contributed by atoms with Gasteiger partial charge in [0.15, 0.2) is 6.79 Å². The van der Waals surface area contributed by atoms with E-state index < -0.39 is 0 Å². The molecule has 0 amide bonds. The zero-order valence-electron chi connectivity index (χ0n) is 6.54. The highest BCUT2D eigenvalue weighted by Crippen LogP contribution is 2.13. The van der Waals surface area contributed by atoms with Crippen molar-refractivity contribution in [3.63, 3.8) is 0 Å². The third kappa shape index (κ3) is 2.20. The normalized spacial score (nSPS) is 21.9. The summed E-state index contributed by atoms with van der Waals surface area (Å²) in [6, 6.07) is 0. The summed E-state index contributed by atoms with van der Waals surface area (Å²) in [6.07, 6.45) is 3.47. The van der Waals surface area contributed by atoms with Crippen LogP contribution in [0.25, 0.3) is 0 Å². The Balaban J connectivity index is 2.61. The van der Waals surface area contributed by atoms with Crippen molar-refractivity contribution in [2.75, 3.05) is 13.4 Å². The lowest BCUT2D eigenvalue weighted by molar-refractivity contribution is 0.0797. The van der Waals surface area contributed by atoms with Gasteiger partial charge in [0.1, 0.15) is 12.4 Å². The van der Waals surface area contributed by atoms with Gasteiger partial charge in [0, 0.05) is 6.20 Å². The lowest BCUT2D eigenvalue weighted by atomic mass is 10.2. The van der Waals surface area contributed by atoms with Crippen LogP contribution in [-0.2, 0) is 9.47 Å². The fourth-order valence-electron chi connectivity index (χ4n) is 0.774. The van der Waals surface area contributed by atoms with Crippen LogP contribution in [0.2, 0.25) is 0 Å². The monoisotopic (exact) mass is 153 g/mol. The molecule has 1 aliphatic rings. The SMILES string of the molecule is C=N/C=C\C(C)=C1/COCO1. The van der Waals surface area contributed by atoms with Crippen LogP contribution in [-0.4, -0.2) is 20.1 Å². The summed E-state index contributed by atoms with van der Waals surface area (Å²) in [5.41, 5.74) is 1.04. The average Bonchev–Trinajstić information content (AvgIpc) is 2.52. The van der Waals surface area contributed by atoms with Crippen molar-refractivity contribution < 1.29 is 9.47 Å². The molecule has 0 atom stereocenters. The summed E-state index contributed by atoms with van der Waals surface area (Å²) >= 11 is 0. The Bertz CT molecular complexity index is 198. The fraction of sp³-hybridized carbons (Fsp3) is 0.375. The van der Waals surface area contributed by atoms with Crippen LogP contribution in [0.15, 0.2) is 28.6 Å². The number of ether oxygens (including phenoxy) is 2. The van der Waals surface area contributed by atoms with Gasteiger partial charge in [0.25, 0.3) is 0 Å². The van der Waals surface area contributed by atoms with Gasteiger partial charge >= 0.3 is 0 Å². The van der Waals surface area contributed by atoms with E-state index in [1.54, 1.807) is 6.20 Å². The molecule has 0 unspecified atom stereocenters. The molecule has 0 aliphatic carbocycles. The molecule has 0 N–H and O–H groups in total. The van der Waals surface area contributed by atoms with E-state index in [-0.39, 0.29) is 0 Å². The molecule has 0 bridgehead atoms. The Hall–Kier alpha value is -1.09. The van der Waals surface area contributed by atoms with Crippen molar-refractivity contribution in [3.8, 4) is 0 Å². The largest absolute Gasteiger partial charge is 0.469 e. The van der Waals surface area contributed by atoms with Gasteiger partial charge in [-0.1, -0.05) is 0 Å². The zero-order chi connectivity index (χ0) is 8.10. The first-order valence-corrected chi connectivity index (χ1v) is 3.37. The third-order valence-corrected chi connectivity index (χ3v) is 1.42. The Labute approximate surface area is 66.0 Å². The van der Waals surface area contributed by atoms with Crippen LogP contribution in [0.3, 0.4) is 0 Å². The first-order valence-electron chi connectivity index (χ1n) is 3.37. The highest BCUT2D eigenvalue weighted by atomic mass is 16.7. The van der Waals surface area contributed by atoms with Crippen LogP contribution in [0.5, 0.6) is 0 Å². The second-order valence-electron chi connectivity index (χ2n) is 2.22. The molecule has 3 heteroatoms. The first-order chi connectivity index (χ1) is 5.34. The summed E-state index contributed by atoms with van der Waals surface area (Å²) in [6.45, 7) is 6.20. The minimum Gasteiger partial charge on any atom is -0.469 e. The molecule has 0 spiro atoms. The van der Waals surface area contributed by atoms with Crippen molar-refractivity contribution in [1.29, 1.82) is 0 Å². The van der Waals surface area contributed by atoms with Crippen molar-refractivity contribution in [2.45, 2.75) is 6.92 Å².